The molecule has 1 aliphatic carbocycles. The molecule has 1 aliphatic rings. The first kappa shape index (κ1) is 7.44. The quantitative estimate of drug-likeness (QED) is 0.664. The van der Waals surface area contributed by atoms with Crippen molar-refractivity contribution in [1.82, 2.24) is 0 Å². The molecule has 0 bridgehead atoms. The minimum atomic E-state index is 0.619. The van der Waals surface area contributed by atoms with Gasteiger partial charge in [-0.05, 0) is 24.3 Å². The second-order valence-electron chi connectivity index (χ2n) is 3.07. The van der Waals surface area contributed by atoms with Crippen LogP contribution in [0.4, 0.5) is 5.69 Å². The van der Waals surface area contributed by atoms with E-state index in [4.69, 9.17) is 17.3 Å². The van der Waals surface area contributed by atoms with Crippen molar-refractivity contribution >= 4 is 28.6 Å². The van der Waals surface area contributed by atoms with Crippen molar-refractivity contribution in [3.05, 3.63) is 14.8 Å². The van der Waals surface area contributed by atoms with Crippen molar-refractivity contribution < 1.29 is 0 Å². The standard InChI is InChI=1S/C8H10ClNS/c1-4-2-3-5-6(4)7(10)8(9)11-5/h4H,2-3,10H2,1H3. The molecule has 0 aliphatic heterocycles. The average Bonchev–Trinajstić information content (AvgIpc) is 2.41. The Balaban J connectivity index is 2.58. The first-order chi connectivity index (χ1) is 5.20. The van der Waals surface area contributed by atoms with Crippen molar-refractivity contribution in [2.75, 3.05) is 5.73 Å². The van der Waals surface area contributed by atoms with Crippen LogP contribution in [-0.2, 0) is 6.42 Å². The highest BCUT2D eigenvalue weighted by molar-refractivity contribution is 7.17. The Labute approximate surface area is 75.2 Å². The number of fused-ring (bicyclic) bond motifs is 1. The third-order valence-electron chi connectivity index (χ3n) is 2.31. The van der Waals surface area contributed by atoms with Crippen LogP contribution in [0.1, 0.15) is 29.7 Å². The Bertz CT molecular complexity index is 293. The summed E-state index contributed by atoms with van der Waals surface area (Å²) in [5, 5.41) is 0. The summed E-state index contributed by atoms with van der Waals surface area (Å²) in [4.78, 5) is 1.40. The molecule has 0 radical (unpaired) electrons. The molecule has 0 fully saturated rings. The minimum absolute atomic E-state index is 0.619. The topological polar surface area (TPSA) is 26.0 Å². The Morgan fingerprint density at radius 1 is 1.64 bits per heavy atom. The molecule has 11 heavy (non-hydrogen) atoms. The molecular weight excluding hydrogens is 178 g/mol. The van der Waals surface area contributed by atoms with Crippen LogP contribution in [0.25, 0.3) is 0 Å². The Kier molecular flexibility index (Phi) is 1.62. The van der Waals surface area contributed by atoms with E-state index < -0.39 is 0 Å². The summed E-state index contributed by atoms with van der Waals surface area (Å²) in [7, 11) is 0. The van der Waals surface area contributed by atoms with Gasteiger partial charge in [-0.2, -0.15) is 0 Å². The lowest BCUT2D eigenvalue weighted by Crippen LogP contribution is -1.91. The largest absolute Gasteiger partial charge is 0.397 e. The maximum Gasteiger partial charge on any atom is 0.116 e. The Morgan fingerprint density at radius 2 is 2.36 bits per heavy atom. The molecule has 0 amide bonds. The van der Waals surface area contributed by atoms with E-state index in [1.165, 1.54) is 16.9 Å². The van der Waals surface area contributed by atoms with Crippen LogP contribution in [0, 0.1) is 0 Å². The summed E-state index contributed by atoms with van der Waals surface area (Å²) in [5.74, 6) is 0.619. The van der Waals surface area contributed by atoms with Crippen molar-refractivity contribution in [3.8, 4) is 0 Å². The zero-order valence-corrected chi connectivity index (χ0v) is 7.93. The minimum Gasteiger partial charge on any atom is -0.397 e. The lowest BCUT2D eigenvalue weighted by atomic mass is 10.1. The van der Waals surface area contributed by atoms with E-state index in [-0.39, 0.29) is 0 Å². The maximum atomic E-state index is 5.91. The van der Waals surface area contributed by atoms with Gasteiger partial charge in [0.2, 0.25) is 0 Å². The summed E-state index contributed by atoms with van der Waals surface area (Å²) in [6.07, 6.45) is 2.40. The SMILES string of the molecule is CC1CCc2sc(Cl)c(N)c21. The van der Waals surface area contributed by atoms with Crippen LogP contribution in [-0.4, -0.2) is 0 Å². The van der Waals surface area contributed by atoms with Gasteiger partial charge in [-0.25, -0.2) is 0 Å². The smallest absolute Gasteiger partial charge is 0.116 e. The van der Waals surface area contributed by atoms with Gasteiger partial charge < -0.3 is 5.73 Å². The van der Waals surface area contributed by atoms with E-state index in [2.05, 4.69) is 6.92 Å². The predicted octanol–water partition coefficient (Wildman–Crippen LogP) is 3.03. The number of hydrogen-bond acceptors (Lipinski definition) is 2. The second-order valence-corrected chi connectivity index (χ2v) is 4.77. The number of nitrogens with two attached hydrogens (primary N) is 1. The van der Waals surface area contributed by atoms with Gasteiger partial charge >= 0.3 is 0 Å². The van der Waals surface area contributed by atoms with E-state index >= 15 is 0 Å². The molecule has 0 saturated carbocycles. The van der Waals surface area contributed by atoms with Crippen LogP contribution >= 0.6 is 22.9 Å². The number of rotatable bonds is 0. The van der Waals surface area contributed by atoms with Crippen LogP contribution < -0.4 is 5.73 Å². The van der Waals surface area contributed by atoms with Crippen molar-refractivity contribution in [3.63, 3.8) is 0 Å². The third kappa shape index (κ3) is 0.967. The van der Waals surface area contributed by atoms with Crippen LogP contribution in [0.5, 0.6) is 0 Å². The lowest BCUT2D eigenvalue weighted by molar-refractivity contribution is 0.749. The number of aryl methyl sites for hydroxylation is 1. The zero-order valence-electron chi connectivity index (χ0n) is 6.36. The molecule has 3 heteroatoms. The van der Waals surface area contributed by atoms with Gasteiger partial charge in [-0.15, -0.1) is 11.3 Å². The molecular formula is C8H10ClNS. The fraction of sp³-hybridized carbons (Fsp3) is 0.500. The average molecular weight is 188 g/mol. The second kappa shape index (κ2) is 2.39. The summed E-state index contributed by atoms with van der Waals surface area (Å²) in [6.45, 7) is 2.21. The normalized spacial score (nSPS) is 22.2. The summed E-state index contributed by atoms with van der Waals surface area (Å²) < 4.78 is 0.779. The van der Waals surface area contributed by atoms with Gasteiger partial charge in [-0.3, -0.25) is 0 Å². The van der Waals surface area contributed by atoms with Gasteiger partial charge in [-0.1, -0.05) is 18.5 Å². The molecule has 0 spiro atoms. The Morgan fingerprint density at radius 3 is 3.00 bits per heavy atom. The monoisotopic (exact) mass is 187 g/mol. The number of nitrogen functional groups attached to an aromatic ring is 1. The molecule has 1 heterocycles. The van der Waals surface area contributed by atoms with E-state index in [0.29, 0.717) is 5.92 Å². The molecule has 0 saturated heterocycles. The van der Waals surface area contributed by atoms with Crippen LogP contribution in [0.15, 0.2) is 0 Å². The fourth-order valence-corrected chi connectivity index (χ4v) is 3.15. The van der Waals surface area contributed by atoms with E-state index in [1.807, 2.05) is 0 Å². The van der Waals surface area contributed by atoms with Crippen molar-refractivity contribution in [2.45, 2.75) is 25.7 Å². The van der Waals surface area contributed by atoms with E-state index in [0.717, 1.165) is 16.4 Å². The van der Waals surface area contributed by atoms with Crippen molar-refractivity contribution in [1.29, 1.82) is 0 Å². The lowest BCUT2D eigenvalue weighted by Gasteiger charge is -2.01. The van der Waals surface area contributed by atoms with Crippen molar-refractivity contribution in [2.24, 2.45) is 0 Å². The van der Waals surface area contributed by atoms with E-state index in [9.17, 15) is 0 Å². The number of thiophene rings is 1. The first-order valence-electron chi connectivity index (χ1n) is 3.76. The van der Waals surface area contributed by atoms with Gasteiger partial charge in [0.15, 0.2) is 0 Å². The molecule has 0 aromatic carbocycles. The number of anilines is 1. The molecule has 1 aromatic heterocycles. The predicted molar refractivity (Wildman–Crippen MR) is 50.5 cm³/mol. The zero-order chi connectivity index (χ0) is 8.01. The third-order valence-corrected chi connectivity index (χ3v) is 3.82. The summed E-state index contributed by atoms with van der Waals surface area (Å²) in [6, 6.07) is 0. The molecule has 2 rings (SSSR count). The highest BCUT2D eigenvalue weighted by Crippen LogP contribution is 2.45. The summed E-state index contributed by atoms with van der Waals surface area (Å²) in [5.41, 5.74) is 7.97. The number of halogens is 1. The highest BCUT2D eigenvalue weighted by Gasteiger charge is 2.25. The van der Waals surface area contributed by atoms with Crippen LogP contribution in [0.3, 0.4) is 0 Å². The maximum absolute atomic E-state index is 5.91. The number of hydrogen-bond donors (Lipinski definition) is 1. The van der Waals surface area contributed by atoms with Gasteiger partial charge in [0.25, 0.3) is 0 Å². The van der Waals surface area contributed by atoms with Gasteiger partial charge in [0.1, 0.15) is 4.34 Å². The fourth-order valence-electron chi connectivity index (χ4n) is 1.69. The Hall–Kier alpha value is -0.210. The molecule has 1 nitrogen and oxygen atoms in total. The summed E-state index contributed by atoms with van der Waals surface area (Å²) >= 11 is 7.55. The van der Waals surface area contributed by atoms with Crippen LogP contribution in [0.2, 0.25) is 4.34 Å². The van der Waals surface area contributed by atoms with Gasteiger partial charge in [0, 0.05) is 4.88 Å². The first-order valence-corrected chi connectivity index (χ1v) is 4.96. The van der Waals surface area contributed by atoms with E-state index in [1.54, 1.807) is 11.3 Å². The molecule has 1 unspecified atom stereocenters. The molecule has 60 valence electrons. The molecule has 1 aromatic rings. The molecule has 1 atom stereocenters. The molecule has 2 N–H and O–H groups in total. The van der Waals surface area contributed by atoms with Gasteiger partial charge in [0.05, 0.1) is 5.69 Å². The highest BCUT2D eigenvalue weighted by atomic mass is 35.5.